The minimum Gasteiger partial charge on any atom is -0.496 e. The van der Waals surface area contributed by atoms with Crippen molar-refractivity contribution in [2.45, 2.75) is 13.0 Å². The molecule has 3 aromatic rings. The Hall–Kier alpha value is -3.31. The highest BCUT2D eigenvalue weighted by molar-refractivity contribution is 5.91. The molecule has 0 aliphatic carbocycles. The number of carbonyl (C=O) groups excluding carboxylic acids is 1. The van der Waals surface area contributed by atoms with Crippen molar-refractivity contribution in [3.63, 3.8) is 0 Å². The predicted octanol–water partition coefficient (Wildman–Crippen LogP) is 3.75. The number of benzene rings is 3. The van der Waals surface area contributed by atoms with Crippen molar-refractivity contribution >= 4 is 11.6 Å². The number of methoxy groups -OCH3 is 1. The van der Waals surface area contributed by atoms with Crippen LogP contribution in [0.25, 0.3) is 0 Å². The van der Waals surface area contributed by atoms with E-state index in [1.165, 1.54) is 0 Å². The van der Waals surface area contributed by atoms with Crippen LogP contribution >= 0.6 is 0 Å². The molecule has 0 saturated carbocycles. The first-order valence-corrected chi connectivity index (χ1v) is 9.25. The van der Waals surface area contributed by atoms with Crippen molar-refractivity contribution in [3.8, 4) is 17.2 Å². The Balaban J connectivity index is 1.50. The molecule has 1 amide bonds. The van der Waals surface area contributed by atoms with Crippen LogP contribution < -0.4 is 20.1 Å². The molecule has 0 saturated heterocycles. The van der Waals surface area contributed by atoms with E-state index in [4.69, 9.17) is 9.47 Å². The number of nitrogens with two attached hydrogens (primary N) is 1. The van der Waals surface area contributed by atoms with E-state index in [9.17, 15) is 4.79 Å². The lowest BCUT2D eigenvalue weighted by Crippen LogP contribution is -2.86. The SMILES string of the molecule is COc1ccccc1[C@@H](C)[NH2+]CC(=O)Nc1ccc(Oc2ccccc2)cc1. The van der Waals surface area contributed by atoms with Gasteiger partial charge in [0.05, 0.1) is 12.7 Å². The summed E-state index contributed by atoms with van der Waals surface area (Å²) in [5.74, 6) is 2.28. The predicted molar refractivity (Wildman–Crippen MR) is 110 cm³/mol. The lowest BCUT2D eigenvalue weighted by molar-refractivity contribution is -0.682. The Morgan fingerprint density at radius 3 is 2.29 bits per heavy atom. The van der Waals surface area contributed by atoms with Crippen LogP contribution in [0.15, 0.2) is 78.9 Å². The standard InChI is InChI=1S/C23H24N2O3/c1-17(21-10-6-7-11-22(21)27-2)24-16-23(26)25-18-12-14-20(15-13-18)28-19-8-4-3-5-9-19/h3-15,17,24H,16H2,1-2H3,(H,25,26)/p+1/t17-/m1/s1. The zero-order valence-electron chi connectivity index (χ0n) is 16.1. The summed E-state index contributed by atoms with van der Waals surface area (Å²) < 4.78 is 11.1. The Morgan fingerprint density at radius 2 is 1.57 bits per heavy atom. The first-order chi connectivity index (χ1) is 13.7. The molecule has 5 heteroatoms. The average molecular weight is 377 g/mol. The van der Waals surface area contributed by atoms with Gasteiger partial charge in [-0.05, 0) is 55.5 Å². The Kier molecular flexibility index (Phi) is 6.65. The molecule has 0 radical (unpaired) electrons. The number of ether oxygens (including phenoxy) is 2. The van der Waals surface area contributed by atoms with Crippen LogP contribution in [-0.2, 0) is 4.79 Å². The van der Waals surface area contributed by atoms with Crippen molar-refractivity contribution in [1.29, 1.82) is 0 Å². The van der Waals surface area contributed by atoms with Gasteiger partial charge in [0.15, 0.2) is 6.54 Å². The Labute approximate surface area is 165 Å². The maximum absolute atomic E-state index is 12.3. The summed E-state index contributed by atoms with van der Waals surface area (Å²) in [7, 11) is 1.66. The normalized spacial score (nSPS) is 11.5. The van der Waals surface area contributed by atoms with Crippen LogP contribution in [0.1, 0.15) is 18.5 Å². The quantitative estimate of drug-likeness (QED) is 0.628. The monoisotopic (exact) mass is 377 g/mol. The van der Waals surface area contributed by atoms with Gasteiger partial charge in [-0.1, -0.05) is 30.3 Å². The van der Waals surface area contributed by atoms with Gasteiger partial charge in [-0.3, -0.25) is 4.79 Å². The summed E-state index contributed by atoms with van der Waals surface area (Å²) in [5.41, 5.74) is 1.81. The van der Waals surface area contributed by atoms with Gasteiger partial charge in [0, 0.05) is 5.69 Å². The third-order valence-electron chi connectivity index (χ3n) is 4.40. The molecule has 28 heavy (non-hydrogen) atoms. The molecule has 0 bridgehead atoms. The van der Waals surface area contributed by atoms with Crippen LogP contribution in [0.4, 0.5) is 5.69 Å². The van der Waals surface area contributed by atoms with E-state index in [-0.39, 0.29) is 11.9 Å². The number of anilines is 1. The molecule has 0 aromatic heterocycles. The smallest absolute Gasteiger partial charge is 0.279 e. The maximum Gasteiger partial charge on any atom is 0.279 e. The number of amides is 1. The number of rotatable bonds is 8. The lowest BCUT2D eigenvalue weighted by Gasteiger charge is -2.14. The number of hydrogen-bond acceptors (Lipinski definition) is 3. The highest BCUT2D eigenvalue weighted by atomic mass is 16.5. The van der Waals surface area contributed by atoms with Crippen LogP contribution in [0, 0.1) is 0 Å². The molecule has 1 atom stereocenters. The maximum atomic E-state index is 12.3. The fourth-order valence-corrected chi connectivity index (χ4v) is 2.90. The van der Waals surface area contributed by atoms with Crippen LogP contribution in [0.2, 0.25) is 0 Å². The number of carbonyl (C=O) groups is 1. The second-order valence-corrected chi connectivity index (χ2v) is 6.46. The van der Waals surface area contributed by atoms with Crippen LogP contribution in [0.3, 0.4) is 0 Å². The van der Waals surface area contributed by atoms with Crippen molar-refractivity contribution in [2.24, 2.45) is 0 Å². The fraction of sp³-hybridized carbons (Fsp3) is 0.174. The molecular weight excluding hydrogens is 352 g/mol. The molecule has 3 rings (SSSR count). The van der Waals surface area contributed by atoms with E-state index >= 15 is 0 Å². The lowest BCUT2D eigenvalue weighted by atomic mass is 10.1. The number of para-hydroxylation sites is 2. The Bertz CT molecular complexity index is 895. The van der Waals surface area contributed by atoms with E-state index < -0.39 is 0 Å². The molecule has 0 spiro atoms. The van der Waals surface area contributed by atoms with Gasteiger partial charge in [0.1, 0.15) is 23.3 Å². The molecule has 5 nitrogen and oxygen atoms in total. The highest BCUT2D eigenvalue weighted by Gasteiger charge is 2.15. The van der Waals surface area contributed by atoms with E-state index in [1.807, 2.05) is 84.2 Å². The zero-order valence-corrected chi connectivity index (χ0v) is 16.1. The third-order valence-corrected chi connectivity index (χ3v) is 4.40. The minimum absolute atomic E-state index is 0.0570. The topological polar surface area (TPSA) is 64.2 Å². The van der Waals surface area contributed by atoms with Gasteiger partial charge in [-0.2, -0.15) is 0 Å². The summed E-state index contributed by atoms with van der Waals surface area (Å²) in [6, 6.07) is 24.9. The summed E-state index contributed by atoms with van der Waals surface area (Å²) >= 11 is 0. The van der Waals surface area contributed by atoms with E-state index in [2.05, 4.69) is 12.2 Å². The fourth-order valence-electron chi connectivity index (χ4n) is 2.90. The summed E-state index contributed by atoms with van der Waals surface area (Å²) in [6.45, 7) is 2.38. The molecular formula is C23H25N2O3+. The van der Waals surface area contributed by atoms with E-state index in [1.54, 1.807) is 7.11 Å². The summed E-state index contributed by atoms with van der Waals surface area (Å²) in [4.78, 5) is 12.3. The van der Waals surface area contributed by atoms with Crippen molar-refractivity contribution in [3.05, 3.63) is 84.4 Å². The highest BCUT2D eigenvalue weighted by Crippen LogP contribution is 2.23. The third kappa shape index (κ3) is 5.34. The van der Waals surface area contributed by atoms with Gasteiger partial charge in [-0.15, -0.1) is 0 Å². The van der Waals surface area contributed by atoms with Crippen LogP contribution in [0.5, 0.6) is 17.2 Å². The van der Waals surface area contributed by atoms with Crippen LogP contribution in [-0.4, -0.2) is 19.6 Å². The first kappa shape index (κ1) is 19.5. The van der Waals surface area contributed by atoms with Gasteiger partial charge in [0.2, 0.25) is 0 Å². The Morgan fingerprint density at radius 1 is 0.929 bits per heavy atom. The molecule has 0 aliphatic rings. The largest absolute Gasteiger partial charge is 0.496 e. The molecule has 0 heterocycles. The molecule has 144 valence electrons. The first-order valence-electron chi connectivity index (χ1n) is 9.25. The van der Waals surface area contributed by atoms with Crippen molar-refractivity contribution in [2.75, 3.05) is 19.0 Å². The van der Waals surface area contributed by atoms with Gasteiger partial charge in [-0.25, -0.2) is 0 Å². The average Bonchev–Trinajstić information content (AvgIpc) is 2.74. The summed E-state index contributed by atoms with van der Waals surface area (Å²) in [5, 5.41) is 4.90. The minimum atomic E-state index is -0.0570. The second kappa shape index (κ2) is 9.58. The molecule has 3 N–H and O–H groups in total. The number of quaternary nitrogens is 1. The van der Waals surface area contributed by atoms with Crippen molar-refractivity contribution in [1.82, 2.24) is 0 Å². The van der Waals surface area contributed by atoms with Gasteiger partial charge >= 0.3 is 0 Å². The molecule has 0 fully saturated rings. The molecule has 3 aromatic carbocycles. The van der Waals surface area contributed by atoms with E-state index in [0.717, 1.165) is 28.5 Å². The molecule has 0 aliphatic heterocycles. The number of hydrogen-bond donors (Lipinski definition) is 2. The van der Waals surface area contributed by atoms with Gasteiger partial charge in [0.25, 0.3) is 5.91 Å². The summed E-state index contributed by atoms with van der Waals surface area (Å²) in [6.07, 6.45) is 0. The zero-order chi connectivity index (χ0) is 19.8. The number of nitrogens with one attached hydrogen (secondary N) is 1. The van der Waals surface area contributed by atoms with Crippen molar-refractivity contribution < 1.29 is 19.6 Å². The van der Waals surface area contributed by atoms with E-state index in [0.29, 0.717) is 6.54 Å². The molecule has 0 unspecified atom stereocenters. The second-order valence-electron chi connectivity index (χ2n) is 6.46. The van der Waals surface area contributed by atoms with Gasteiger partial charge < -0.3 is 20.1 Å².